The van der Waals surface area contributed by atoms with Gasteiger partial charge in [-0.3, -0.25) is 4.79 Å². The van der Waals surface area contributed by atoms with Crippen molar-refractivity contribution in [1.29, 1.82) is 0 Å². The molecule has 0 unspecified atom stereocenters. The Hall–Kier alpha value is -0.970. The Balaban J connectivity index is 3.27. The molecule has 0 aromatic carbocycles. The third-order valence-corrected chi connectivity index (χ3v) is 1.46. The van der Waals surface area contributed by atoms with E-state index in [9.17, 15) is 4.79 Å². The van der Waals surface area contributed by atoms with Crippen molar-refractivity contribution >= 4 is 5.97 Å². The molecule has 0 spiro atoms. The molecule has 2 nitrogen and oxygen atoms in total. The number of rotatable bonds is 4. The summed E-state index contributed by atoms with van der Waals surface area (Å²) in [7, 11) is 1.40. The van der Waals surface area contributed by atoms with Gasteiger partial charge in [-0.2, -0.15) is 0 Å². The molecule has 0 atom stereocenters. The molecule has 0 heterocycles. The van der Waals surface area contributed by atoms with Crippen molar-refractivity contribution in [2.45, 2.75) is 39.0 Å². The molecule has 0 radical (unpaired) electrons. The van der Waals surface area contributed by atoms with Gasteiger partial charge in [0.15, 0.2) is 0 Å². The zero-order valence-corrected chi connectivity index (χ0v) is 7.85. The Labute approximate surface area is 74.3 Å². The van der Waals surface area contributed by atoms with Crippen LogP contribution in [-0.4, -0.2) is 13.1 Å². The summed E-state index contributed by atoms with van der Waals surface area (Å²) in [6.45, 7) is 2.14. The molecule has 0 aliphatic heterocycles. The minimum Gasteiger partial charge on any atom is -0.469 e. The zero-order chi connectivity index (χ0) is 9.23. The largest absolute Gasteiger partial charge is 0.469 e. The van der Waals surface area contributed by atoms with Gasteiger partial charge in [0, 0.05) is 12.8 Å². The van der Waals surface area contributed by atoms with Crippen molar-refractivity contribution in [2.75, 3.05) is 7.11 Å². The van der Waals surface area contributed by atoms with Crippen molar-refractivity contribution < 1.29 is 9.53 Å². The first-order valence-corrected chi connectivity index (χ1v) is 4.33. The maximum atomic E-state index is 10.6. The van der Waals surface area contributed by atoms with Crippen LogP contribution in [0, 0.1) is 11.8 Å². The monoisotopic (exact) mass is 168 g/mol. The minimum absolute atomic E-state index is 0.181. The van der Waals surface area contributed by atoms with E-state index < -0.39 is 0 Å². The number of esters is 1. The van der Waals surface area contributed by atoms with Gasteiger partial charge in [0.05, 0.1) is 13.5 Å². The molecular formula is C10H16O2. The Kier molecular flexibility index (Phi) is 7.47. The molecule has 0 saturated carbocycles. The lowest BCUT2D eigenvalue weighted by Gasteiger charge is -1.91. The van der Waals surface area contributed by atoms with Crippen molar-refractivity contribution in [3.8, 4) is 11.8 Å². The maximum Gasteiger partial charge on any atom is 0.306 e. The van der Waals surface area contributed by atoms with E-state index in [4.69, 9.17) is 0 Å². The van der Waals surface area contributed by atoms with Crippen LogP contribution in [0.4, 0.5) is 0 Å². The normalized spacial score (nSPS) is 8.50. The lowest BCUT2D eigenvalue weighted by atomic mass is 10.2. The predicted octanol–water partition coefficient (Wildman–Crippen LogP) is 2.13. The van der Waals surface area contributed by atoms with Crippen LogP contribution in [0.2, 0.25) is 0 Å². The molecule has 2 heteroatoms. The van der Waals surface area contributed by atoms with Crippen LogP contribution in [0.15, 0.2) is 0 Å². The van der Waals surface area contributed by atoms with E-state index in [1.807, 2.05) is 0 Å². The summed E-state index contributed by atoms with van der Waals surface area (Å²) in [5.41, 5.74) is 0. The summed E-state index contributed by atoms with van der Waals surface area (Å²) in [4.78, 5) is 10.6. The van der Waals surface area contributed by atoms with E-state index in [0.29, 0.717) is 12.8 Å². The fraction of sp³-hybridized carbons (Fsp3) is 0.700. The molecule has 0 rings (SSSR count). The first-order chi connectivity index (χ1) is 5.81. The lowest BCUT2D eigenvalue weighted by Crippen LogP contribution is -1.98. The Morgan fingerprint density at radius 2 is 2.00 bits per heavy atom. The summed E-state index contributed by atoms with van der Waals surface area (Å²) in [5, 5.41) is 0. The molecule has 12 heavy (non-hydrogen) atoms. The number of unbranched alkanes of at least 4 members (excludes halogenated alkanes) is 2. The van der Waals surface area contributed by atoms with Gasteiger partial charge in [-0.25, -0.2) is 0 Å². The summed E-state index contributed by atoms with van der Waals surface area (Å²) >= 11 is 0. The van der Waals surface area contributed by atoms with Gasteiger partial charge in [-0.1, -0.05) is 13.3 Å². The van der Waals surface area contributed by atoms with Crippen LogP contribution in [0.25, 0.3) is 0 Å². The van der Waals surface area contributed by atoms with Crippen molar-refractivity contribution in [2.24, 2.45) is 0 Å². The molecule has 0 fully saturated rings. The first-order valence-electron chi connectivity index (χ1n) is 4.33. The molecule has 0 saturated heterocycles. The van der Waals surface area contributed by atoms with Crippen molar-refractivity contribution in [3.05, 3.63) is 0 Å². The fourth-order valence-electron chi connectivity index (χ4n) is 0.709. The van der Waals surface area contributed by atoms with E-state index >= 15 is 0 Å². The smallest absolute Gasteiger partial charge is 0.306 e. The molecular weight excluding hydrogens is 152 g/mol. The SMILES string of the molecule is CCCCC#CCCC(=O)OC. The predicted molar refractivity (Wildman–Crippen MR) is 48.6 cm³/mol. The van der Waals surface area contributed by atoms with Gasteiger partial charge >= 0.3 is 5.97 Å². The second-order valence-corrected chi connectivity index (χ2v) is 2.53. The first kappa shape index (κ1) is 11.0. The Morgan fingerprint density at radius 3 is 2.58 bits per heavy atom. The van der Waals surface area contributed by atoms with Gasteiger partial charge in [0.25, 0.3) is 0 Å². The van der Waals surface area contributed by atoms with Gasteiger partial charge < -0.3 is 4.74 Å². The highest BCUT2D eigenvalue weighted by molar-refractivity contribution is 5.69. The molecule has 0 aromatic heterocycles. The zero-order valence-electron chi connectivity index (χ0n) is 7.85. The second kappa shape index (κ2) is 8.13. The van der Waals surface area contributed by atoms with E-state index in [0.717, 1.165) is 12.8 Å². The topological polar surface area (TPSA) is 26.3 Å². The molecule has 0 bridgehead atoms. The molecule has 0 aliphatic rings. The van der Waals surface area contributed by atoms with Crippen molar-refractivity contribution in [3.63, 3.8) is 0 Å². The van der Waals surface area contributed by atoms with Crippen molar-refractivity contribution in [1.82, 2.24) is 0 Å². The van der Waals surface area contributed by atoms with Crippen LogP contribution in [0.5, 0.6) is 0 Å². The molecule has 0 aromatic rings. The number of methoxy groups -OCH3 is 1. The molecule has 0 aliphatic carbocycles. The number of carbonyl (C=O) groups excluding carboxylic acids is 1. The summed E-state index contributed by atoms with van der Waals surface area (Å²) < 4.78 is 4.47. The highest BCUT2D eigenvalue weighted by atomic mass is 16.5. The van der Waals surface area contributed by atoms with Gasteiger partial charge in [-0.15, -0.1) is 11.8 Å². The van der Waals surface area contributed by atoms with Gasteiger partial charge in [0.1, 0.15) is 0 Å². The highest BCUT2D eigenvalue weighted by Gasteiger charge is 1.95. The maximum absolute atomic E-state index is 10.6. The van der Waals surface area contributed by atoms with Gasteiger partial charge in [-0.05, 0) is 6.42 Å². The standard InChI is InChI=1S/C10H16O2/c1-3-4-5-6-7-8-9-10(11)12-2/h3-5,8-9H2,1-2H3. The molecule has 0 N–H and O–H groups in total. The Bertz CT molecular complexity index is 174. The third kappa shape index (κ3) is 7.14. The second-order valence-electron chi connectivity index (χ2n) is 2.53. The number of carbonyl (C=O) groups is 1. The Morgan fingerprint density at radius 1 is 1.33 bits per heavy atom. The number of hydrogen-bond donors (Lipinski definition) is 0. The minimum atomic E-state index is -0.181. The quantitative estimate of drug-likeness (QED) is 0.365. The molecule has 68 valence electrons. The van der Waals surface area contributed by atoms with Gasteiger partial charge in [0.2, 0.25) is 0 Å². The van der Waals surface area contributed by atoms with E-state index in [1.165, 1.54) is 13.5 Å². The van der Waals surface area contributed by atoms with Crippen LogP contribution < -0.4 is 0 Å². The van der Waals surface area contributed by atoms with E-state index in [2.05, 4.69) is 23.5 Å². The van der Waals surface area contributed by atoms with Crippen LogP contribution in [0.3, 0.4) is 0 Å². The van der Waals surface area contributed by atoms with E-state index in [-0.39, 0.29) is 5.97 Å². The average Bonchev–Trinajstić information content (AvgIpc) is 2.10. The number of hydrogen-bond acceptors (Lipinski definition) is 2. The summed E-state index contributed by atoms with van der Waals surface area (Å²) in [6.07, 6.45) is 4.29. The third-order valence-electron chi connectivity index (χ3n) is 1.46. The summed E-state index contributed by atoms with van der Waals surface area (Å²) in [5.74, 6) is 5.76. The molecule has 0 amide bonds. The number of ether oxygens (including phenoxy) is 1. The van der Waals surface area contributed by atoms with Crippen LogP contribution in [-0.2, 0) is 9.53 Å². The fourth-order valence-corrected chi connectivity index (χ4v) is 0.709. The van der Waals surface area contributed by atoms with Crippen LogP contribution >= 0.6 is 0 Å². The summed E-state index contributed by atoms with van der Waals surface area (Å²) in [6, 6.07) is 0. The highest BCUT2D eigenvalue weighted by Crippen LogP contribution is 1.93. The lowest BCUT2D eigenvalue weighted by molar-refractivity contribution is -0.140. The van der Waals surface area contributed by atoms with E-state index in [1.54, 1.807) is 0 Å². The van der Waals surface area contributed by atoms with Crippen LogP contribution in [0.1, 0.15) is 39.0 Å². The average molecular weight is 168 g/mol.